The molecule has 0 saturated carbocycles. The van der Waals surface area contributed by atoms with Crippen LogP contribution in [0.25, 0.3) is 0 Å². The SMILES string of the molecule is CCCCCCCCCCCCN1CCC(C)C(N)C1. The van der Waals surface area contributed by atoms with E-state index >= 15 is 0 Å². The Morgan fingerprint density at radius 2 is 1.45 bits per heavy atom. The predicted molar refractivity (Wildman–Crippen MR) is 90.0 cm³/mol. The summed E-state index contributed by atoms with van der Waals surface area (Å²) >= 11 is 0. The molecule has 2 N–H and O–H groups in total. The van der Waals surface area contributed by atoms with Crippen molar-refractivity contribution in [3.8, 4) is 0 Å². The minimum absolute atomic E-state index is 0.409. The second kappa shape index (κ2) is 11.6. The van der Waals surface area contributed by atoms with E-state index in [1.165, 1.54) is 83.7 Å². The molecule has 0 radical (unpaired) electrons. The van der Waals surface area contributed by atoms with Gasteiger partial charge in [0.05, 0.1) is 0 Å². The molecule has 20 heavy (non-hydrogen) atoms. The Kier molecular flexibility index (Phi) is 10.4. The van der Waals surface area contributed by atoms with Crippen LogP contribution in [0, 0.1) is 5.92 Å². The smallest absolute Gasteiger partial charge is 0.0194 e. The van der Waals surface area contributed by atoms with Gasteiger partial charge in [-0.1, -0.05) is 71.6 Å². The van der Waals surface area contributed by atoms with Crippen LogP contribution >= 0.6 is 0 Å². The van der Waals surface area contributed by atoms with E-state index in [0.29, 0.717) is 6.04 Å². The van der Waals surface area contributed by atoms with Crippen LogP contribution in [0.5, 0.6) is 0 Å². The molecule has 1 saturated heterocycles. The molecular weight excluding hydrogens is 244 g/mol. The minimum Gasteiger partial charge on any atom is -0.326 e. The summed E-state index contributed by atoms with van der Waals surface area (Å²) in [6.45, 7) is 8.25. The molecule has 0 aromatic heterocycles. The van der Waals surface area contributed by atoms with Gasteiger partial charge in [-0.25, -0.2) is 0 Å². The summed E-state index contributed by atoms with van der Waals surface area (Å²) in [5.74, 6) is 0.721. The van der Waals surface area contributed by atoms with E-state index in [4.69, 9.17) is 5.73 Å². The number of unbranched alkanes of at least 4 members (excludes halogenated alkanes) is 9. The fraction of sp³-hybridized carbons (Fsp3) is 1.00. The van der Waals surface area contributed by atoms with Crippen LogP contribution in [0.3, 0.4) is 0 Å². The first kappa shape index (κ1) is 18.0. The molecule has 0 spiro atoms. The summed E-state index contributed by atoms with van der Waals surface area (Å²) < 4.78 is 0. The Bertz CT molecular complexity index is 217. The Morgan fingerprint density at radius 1 is 0.900 bits per heavy atom. The van der Waals surface area contributed by atoms with Gasteiger partial charge in [-0.15, -0.1) is 0 Å². The number of hydrogen-bond acceptors (Lipinski definition) is 2. The number of likely N-dealkylation sites (tertiary alicyclic amines) is 1. The van der Waals surface area contributed by atoms with E-state index < -0.39 is 0 Å². The van der Waals surface area contributed by atoms with E-state index in [2.05, 4.69) is 18.7 Å². The van der Waals surface area contributed by atoms with Crippen LogP contribution in [-0.4, -0.2) is 30.6 Å². The lowest BCUT2D eigenvalue weighted by Gasteiger charge is -2.35. The largest absolute Gasteiger partial charge is 0.326 e. The average molecular weight is 283 g/mol. The average Bonchev–Trinajstić information content (AvgIpc) is 2.45. The maximum atomic E-state index is 6.15. The molecule has 0 bridgehead atoms. The molecule has 0 aromatic rings. The number of piperidine rings is 1. The van der Waals surface area contributed by atoms with Crippen molar-refractivity contribution < 1.29 is 0 Å². The molecule has 120 valence electrons. The maximum absolute atomic E-state index is 6.15. The molecule has 1 aliphatic heterocycles. The van der Waals surface area contributed by atoms with Gasteiger partial charge >= 0.3 is 0 Å². The summed E-state index contributed by atoms with van der Waals surface area (Å²) in [5.41, 5.74) is 6.15. The van der Waals surface area contributed by atoms with Gasteiger partial charge in [-0.2, -0.15) is 0 Å². The van der Waals surface area contributed by atoms with Crippen LogP contribution in [-0.2, 0) is 0 Å². The molecule has 1 fully saturated rings. The lowest BCUT2D eigenvalue weighted by atomic mass is 9.94. The number of nitrogens with two attached hydrogens (primary N) is 1. The zero-order valence-corrected chi connectivity index (χ0v) is 14.1. The van der Waals surface area contributed by atoms with Crippen LogP contribution in [0.1, 0.15) is 84.5 Å². The van der Waals surface area contributed by atoms with Gasteiger partial charge in [0.2, 0.25) is 0 Å². The van der Waals surface area contributed by atoms with Crippen molar-refractivity contribution in [2.45, 2.75) is 90.5 Å². The van der Waals surface area contributed by atoms with Gasteiger partial charge in [0, 0.05) is 12.6 Å². The number of hydrogen-bond donors (Lipinski definition) is 1. The van der Waals surface area contributed by atoms with Crippen LogP contribution in [0.2, 0.25) is 0 Å². The predicted octanol–water partition coefficient (Wildman–Crippen LogP) is 4.58. The number of nitrogens with zero attached hydrogens (tertiary/aromatic N) is 1. The Morgan fingerprint density at radius 3 is 2.00 bits per heavy atom. The number of rotatable bonds is 11. The van der Waals surface area contributed by atoms with Crippen molar-refractivity contribution in [3.63, 3.8) is 0 Å². The van der Waals surface area contributed by atoms with Gasteiger partial charge in [0.1, 0.15) is 0 Å². The lowest BCUT2D eigenvalue weighted by molar-refractivity contribution is 0.166. The van der Waals surface area contributed by atoms with E-state index in [-0.39, 0.29) is 0 Å². The molecule has 0 aliphatic carbocycles. The second-order valence-corrected chi connectivity index (χ2v) is 6.91. The van der Waals surface area contributed by atoms with Crippen LogP contribution in [0.4, 0.5) is 0 Å². The fourth-order valence-electron chi connectivity index (χ4n) is 3.20. The highest BCUT2D eigenvalue weighted by Gasteiger charge is 2.22. The van der Waals surface area contributed by atoms with Crippen molar-refractivity contribution in [2.24, 2.45) is 11.7 Å². The van der Waals surface area contributed by atoms with E-state index in [1.807, 2.05) is 0 Å². The molecular formula is C18H38N2. The fourth-order valence-corrected chi connectivity index (χ4v) is 3.20. The molecule has 2 nitrogen and oxygen atoms in total. The summed E-state index contributed by atoms with van der Waals surface area (Å²) in [4.78, 5) is 2.58. The van der Waals surface area contributed by atoms with E-state index in [1.54, 1.807) is 0 Å². The third kappa shape index (κ3) is 8.26. The molecule has 0 aromatic carbocycles. The van der Waals surface area contributed by atoms with Crippen molar-refractivity contribution in [1.82, 2.24) is 4.90 Å². The molecule has 2 unspecified atom stereocenters. The Hall–Kier alpha value is -0.0800. The first-order chi connectivity index (χ1) is 9.74. The van der Waals surface area contributed by atoms with Crippen molar-refractivity contribution in [3.05, 3.63) is 0 Å². The van der Waals surface area contributed by atoms with Gasteiger partial charge in [0.15, 0.2) is 0 Å². The lowest BCUT2D eigenvalue weighted by Crippen LogP contribution is -2.47. The first-order valence-corrected chi connectivity index (χ1v) is 9.22. The highest BCUT2D eigenvalue weighted by atomic mass is 15.1. The summed E-state index contributed by atoms with van der Waals surface area (Å²) in [6, 6.07) is 0.409. The van der Waals surface area contributed by atoms with Gasteiger partial charge < -0.3 is 10.6 Å². The van der Waals surface area contributed by atoms with E-state index in [9.17, 15) is 0 Å². The van der Waals surface area contributed by atoms with Crippen molar-refractivity contribution in [1.29, 1.82) is 0 Å². The highest BCUT2D eigenvalue weighted by Crippen LogP contribution is 2.16. The zero-order valence-electron chi connectivity index (χ0n) is 14.1. The molecule has 1 heterocycles. The standard InChI is InChI=1S/C18H38N2/c1-3-4-5-6-7-8-9-10-11-12-14-20-15-13-17(2)18(19)16-20/h17-18H,3-16,19H2,1-2H3. The third-order valence-electron chi connectivity index (χ3n) is 4.93. The van der Waals surface area contributed by atoms with Crippen molar-refractivity contribution >= 4 is 0 Å². The Balaban J connectivity index is 1.83. The van der Waals surface area contributed by atoms with Gasteiger partial charge in [0.25, 0.3) is 0 Å². The highest BCUT2D eigenvalue weighted by molar-refractivity contribution is 4.80. The normalized spacial score (nSPS) is 24.1. The molecule has 2 atom stereocenters. The van der Waals surface area contributed by atoms with Gasteiger partial charge in [-0.3, -0.25) is 0 Å². The monoisotopic (exact) mass is 282 g/mol. The van der Waals surface area contributed by atoms with Crippen LogP contribution < -0.4 is 5.73 Å². The Labute approximate surface area is 127 Å². The topological polar surface area (TPSA) is 29.3 Å². The molecule has 2 heteroatoms. The van der Waals surface area contributed by atoms with Crippen LogP contribution in [0.15, 0.2) is 0 Å². The van der Waals surface area contributed by atoms with E-state index in [0.717, 1.165) is 12.5 Å². The maximum Gasteiger partial charge on any atom is 0.0194 e. The molecule has 1 rings (SSSR count). The van der Waals surface area contributed by atoms with Crippen molar-refractivity contribution in [2.75, 3.05) is 19.6 Å². The second-order valence-electron chi connectivity index (χ2n) is 6.91. The molecule has 1 aliphatic rings. The first-order valence-electron chi connectivity index (χ1n) is 9.22. The zero-order chi connectivity index (χ0) is 14.6. The third-order valence-corrected chi connectivity index (χ3v) is 4.93. The minimum atomic E-state index is 0.409. The quantitative estimate of drug-likeness (QED) is 0.562. The summed E-state index contributed by atoms with van der Waals surface area (Å²) in [7, 11) is 0. The van der Waals surface area contributed by atoms with Gasteiger partial charge in [-0.05, 0) is 31.8 Å². The summed E-state index contributed by atoms with van der Waals surface area (Å²) in [5, 5.41) is 0. The molecule has 0 amide bonds. The summed E-state index contributed by atoms with van der Waals surface area (Å²) in [6.07, 6.45) is 15.6.